The number of carbonyl (C=O) groups excluding carboxylic acids is 3. The molecule has 11 heteroatoms. The molecule has 1 saturated heterocycles. The second-order valence-corrected chi connectivity index (χ2v) is 14.7. The number of allylic oxidation sites excluding steroid dienone is 2. The summed E-state index contributed by atoms with van der Waals surface area (Å²) < 4.78 is 17.3. The normalized spacial score (nSPS) is 30.0. The molecular weight excluding hydrogens is 626 g/mol. The third kappa shape index (κ3) is 13.4. The van der Waals surface area contributed by atoms with Gasteiger partial charge in [0.25, 0.3) is 0 Å². The molecule has 0 radical (unpaired) electrons. The van der Waals surface area contributed by atoms with E-state index in [0.29, 0.717) is 25.7 Å². The van der Waals surface area contributed by atoms with Gasteiger partial charge >= 0.3 is 18.2 Å². The fourth-order valence-electron chi connectivity index (χ4n) is 6.81. The van der Waals surface area contributed by atoms with Crippen LogP contribution in [0.25, 0.3) is 0 Å². The zero-order valence-electron chi connectivity index (χ0n) is 30.9. The summed E-state index contributed by atoms with van der Waals surface area (Å²) in [5, 5.41) is 22.2. The average Bonchev–Trinajstić information content (AvgIpc) is 3.36. The van der Waals surface area contributed by atoms with E-state index in [1.165, 1.54) is 38.5 Å². The molecule has 278 valence electrons. The molecule has 0 spiro atoms. The standard InChI is InChI=1S/C38H63N3O8/c1-7-21-39(6)36(44)47-27-28(2)13-12-14-29(3)35-30(4)17-18-33(38(5,46)20-19-32(42)26-34(43)49-35)48-37(45)41-24-22-40(23-25-41)31-15-10-8-9-11-16-31/h12-14,17-18,28,30-33,35,42,46H,7-11,15-16,19-27H2,1-6H3/b13-12+,18-17+,29-14+/t28-,30+,32-,33+,35-,38-/m1/s1. The van der Waals surface area contributed by atoms with Crippen molar-refractivity contribution >= 4 is 18.2 Å². The van der Waals surface area contributed by atoms with E-state index in [2.05, 4.69) is 4.90 Å². The zero-order valence-corrected chi connectivity index (χ0v) is 30.9. The molecule has 1 aliphatic carbocycles. The minimum atomic E-state index is -1.47. The Hall–Kier alpha value is -2.89. The number of hydrogen-bond acceptors (Lipinski definition) is 9. The maximum atomic E-state index is 13.4. The van der Waals surface area contributed by atoms with Crippen LogP contribution in [-0.2, 0) is 19.0 Å². The van der Waals surface area contributed by atoms with Crippen molar-refractivity contribution in [1.29, 1.82) is 0 Å². The Kier molecular flexibility index (Phi) is 16.6. The number of aliphatic hydroxyl groups excluding tert-OH is 1. The molecular formula is C38H63N3O8. The van der Waals surface area contributed by atoms with Crippen LogP contribution in [0.1, 0.15) is 98.8 Å². The lowest BCUT2D eigenvalue weighted by Gasteiger charge is -2.40. The Morgan fingerprint density at radius 3 is 2.45 bits per heavy atom. The van der Waals surface area contributed by atoms with Crippen LogP contribution in [0.2, 0.25) is 0 Å². The van der Waals surface area contributed by atoms with E-state index in [4.69, 9.17) is 14.2 Å². The number of amides is 2. The molecule has 2 fully saturated rings. The molecule has 3 rings (SSSR count). The topological polar surface area (TPSA) is 129 Å². The molecule has 0 aromatic rings. The third-order valence-corrected chi connectivity index (χ3v) is 10.1. The second kappa shape index (κ2) is 20.1. The largest absolute Gasteiger partial charge is 0.457 e. The number of rotatable bonds is 9. The molecule has 2 amide bonds. The van der Waals surface area contributed by atoms with Gasteiger partial charge in [0.2, 0.25) is 0 Å². The fraction of sp³-hybridized carbons (Fsp3) is 0.763. The Morgan fingerprint density at radius 2 is 1.80 bits per heavy atom. The molecule has 0 aromatic heterocycles. The van der Waals surface area contributed by atoms with E-state index in [-0.39, 0.29) is 43.8 Å². The minimum Gasteiger partial charge on any atom is -0.457 e. The van der Waals surface area contributed by atoms with E-state index in [0.717, 1.165) is 25.1 Å². The molecule has 11 nitrogen and oxygen atoms in total. The Balaban J connectivity index is 1.68. The van der Waals surface area contributed by atoms with E-state index < -0.39 is 36.0 Å². The summed E-state index contributed by atoms with van der Waals surface area (Å²) in [7, 11) is 1.71. The molecule has 1 saturated carbocycles. The van der Waals surface area contributed by atoms with Crippen molar-refractivity contribution in [2.24, 2.45) is 11.8 Å². The zero-order chi connectivity index (χ0) is 36.0. The quantitative estimate of drug-likeness (QED) is 0.101. The minimum absolute atomic E-state index is 0.0354. The van der Waals surface area contributed by atoms with Gasteiger partial charge in [-0.2, -0.15) is 0 Å². The summed E-state index contributed by atoms with van der Waals surface area (Å²) in [5.41, 5.74) is -0.696. The van der Waals surface area contributed by atoms with Crippen LogP contribution < -0.4 is 0 Å². The van der Waals surface area contributed by atoms with Crippen molar-refractivity contribution in [3.63, 3.8) is 0 Å². The van der Waals surface area contributed by atoms with Crippen LogP contribution in [0.5, 0.6) is 0 Å². The highest BCUT2D eigenvalue weighted by Gasteiger charge is 2.37. The van der Waals surface area contributed by atoms with Gasteiger partial charge < -0.3 is 34.2 Å². The van der Waals surface area contributed by atoms with Gasteiger partial charge in [0.15, 0.2) is 6.10 Å². The highest BCUT2D eigenvalue weighted by atomic mass is 16.6. The van der Waals surface area contributed by atoms with E-state index in [1.807, 2.05) is 52.0 Å². The van der Waals surface area contributed by atoms with E-state index >= 15 is 0 Å². The molecule has 3 aliphatic rings. The monoisotopic (exact) mass is 689 g/mol. The SMILES string of the molecule is CCCN(C)C(=O)OC[C@H](C)/C=C/C=C(\C)[C@H]1OC(=O)C[C@H](O)CC[C@@](C)(O)[C@@H](OC(=O)N2CCN(C3CCCCCC3)CC2)/C=C/[C@@H]1C. The van der Waals surface area contributed by atoms with Crippen molar-refractivity contribution < 1.29 is 38.8 Å². The molecule has 49 heavy (non-hydrogen) atoms. The van der Waals surface area contributed by atoms with Crippen LogP contribution in [0.3, 0.4) is 0 Å². The van der Waals surface area contributed by atoms with Crippen LogP contribution in [0.4, 0.5) is 9.59 Å². The average molecular weight is 690 g/mol. The number of ether oxygens (including phenoxy) is 3. The molecule has 0 unspecified atom stereocenters. The van der Waals surface area contributed by atoms with Gasteiger partial charge in [-0.15, -0.1) is 0 Å². The van der Waals surface area contributed by atoms with Crippen molar-refractivity contribution in [3.8, 4) is 0 Å². The maximum Gasteiger partial charge on any atom is 0.410 e. The van der Waals surface area contributed by atoms with Gasteiger partial charge in [0.05, 0.1) is 19.1 Å². The van der Waals surface area contributed by atoms with Gasteiger partial charge in [0.1, 0.15) is 11.7 Å². The van der Waals surface area contributed by atoms with Gasteiger partial charge in [-0.05, 0) is 57.6 Å². The van der Waals surface area contributed by atoms with Crippen molar-refractivity contribution in [2.75, 3.05) is 46.4 Å². The van der Waals surface area contributed by atoms with Crippen molar-refractivity contribution in [2.45, 2.75) is 129 Å². The number of aliphatic hydroxyl groups is 2. The summed E-state index contributed by atoms with van der Waals surface area (Å²) in [5.74, 6) is -0.901. The summed E-state index contributed by atoms with van der Waals surface area (Å²) in [6.45, 7) is 13.0. The van der Waals surface area contributed by atoms with Crippen LogP contribution in [0, 0.1) is 11.8 Å². The van der Waals surface area contributed by atoms with Gasteiger partial charge in [-0.25, -0.2) is 9.59 Å². The molecule has 6 atom stereocenters. The first-order valence-corrected chi connectivity index (χ1v) is 18.5. The lowest BCUT2D eigenvalue weighted by atomic mass is 9.89. The smallest absolute Gasteiger partial charge is 0.410 e. The summed E-state index contributed by atoms with van der Waals surface area (Å²) in [6.07, 6.45) is 14.2. The Labute approximate surface area is 294 Å². The number of cyclic esters (lactones) is 1. The first-order valence-electron chi connectivity index (χ1n) is 18.5. The highest BCUT2D eigenvalue weighted by Crippen LogP contribution is 2.28. The lowest BCUT2D eigenvalue weighted by Crippen LogP contribution is -2.53. The lowest BCUT2D eigenvalue weighted by molar-refractivity contribution is -0.151. The number of esters is 1. The van der Waals surface area contributed by atoms with Gasteiger partial charge in [-0.3, -0.25) is 9.69 Å². The first-order chi connectivity index (χ1) is 23.3. The molecule has 0 aromatic carbocycles. The van der Waals surface area contributed by atoms with Crippen LogP contribution in [0.15, 0.2) is 36.0 Å². The van der Waals surface area contributed by atoms with E-state index in [1.54, 1.807) is 29.8 Å². The Morgan fingerprint density at radius 1 is 1.12 bits per heavy atom. The molecule has 2 N–H and O–H groups in total. The predicted molar refractivity (Wildman–Crippen MR) is 190 cm³/mol. The number of carbonyl (C=O) groups is 3. The molecule has 2 heterocycles. The van der Waals surface area contributed by atoms with Gasteiger partial charge in [-0.1, -0.05) is 70.8 Å². The first kappa shape index (κ1) is 40.5. The molecule has 0 bridgehead atoms. The number of piperazine rings is 1. The summed E-state index contributed by atoms with van der Waals surface area (Å²) >= 11 is 0. The molecule has 2 aliphatic heterocycles. The van der Waals surface area contributed by atoms with Crippen LogP contribution >= 0.6 is 0 Å². The maximum absolute atomic E-state index is 13.4. The van der Waals surface area contributed by atoms with Crippen LogP contribution in [-0.4, -0.2) is 119 Å². The predicted octanol–water partition coefficient (Wildman–Crippen LogP) is 5.85. The third-order valence-electron chi connectivity index (χ3n) is 10.1. The number of hydrogen-bond donors (Lipinski definition) is 2. The van der Waals surface area contributed by atoms with Gasteiger partial charge in [0, 0.05) is 57.6 Å². The summed E-state index contributed by atoms with van der Waals surface area (Å²) in [6, 6.07) is 0.587. The second-order valence-electron chi connectivity index (χ2n) is 14.7. The number of nitrogens with zero attached hydrogens (tertiary/aromatic N) is 3. The summed E-state index contributed by atoms with van der Waals surface area (Å²) in [4.78, 5) is 44.2. The van der Waals surface area contributed by atoms with Crippen molar-refractivity contribution in [1.82, 2.24) is 14.7 Å². The van der Waals surface area contributed by atoms with E-state index in [9.17, 15) is 24.6 Å². The fourth-order valence-corrected chi connectivity index (χ4v) is 6.81. The highest BCUT2D eigenvalue weighted by molar-refractivity contribution is 5.70. The van der Waals surface area contributed by atoms with Crippen molar-refractivity contribution in [3.05, 3.63) is 36.0 Å². The Bertz CT molecular complexity index is 1140.